The van der Waals surface area contributed by atoms with Crippen LogP contribution < -0.4 is 4.90 Å². The fourth-order valence-corrected chi connectivity index (χ4v) is 1.93. The number of carbonyl (C=O) groups excluding carboxylic acids is 1. The summed E-state index contributed by atoms with van der Waals surface area (Å²) < 4.78 is 13.3. The third-order valence-electron chi connectivity index (χ3n) is 2.89. The highest BCUT2D eigenvalue weighted by molar-refractivity contribution is 6.31. The Balaban J connectivity index is 2.48. The van der Waals surface area contributed by atoms with Gasteiger partial charge in [0.05, 0.1) is 5.02 Å². The largest absolute Gasteiger partial charge is 0.371 e. The van der Waals surface area contributed by atoms with Gasteiger partial charge in [-0.3, -0.25) is 4.79 Å². The van der Waals surface area contributed by atoms with E-state index >= 15 is 0 Å². The molecule has 0 atom stereocenters. The van der Waals surface area contributed by atoms with Crippen LogP contribution in [0.25, 0.3) is 0 Å². The van der Waals surface area contributed by atoms with Gasteiger partial charge in [-0.15, -0.1) is 0 Å². The number of benzene rings is 1. The van der Waals surface area contributed by atoms with E-state index < -0.39 is 5.82 Å². The Morgan fingerprint density at radius 3 is 2.62 bits per heavy atom. The number of carbonyl (C=O) groups is 1. The minimum atomic E-state index is -0.542. The summed E-state index contributed by atoms with van der Waals surface area (Å²) in [4.78, 5) is 13.4. The standard InChI is InChI=1S/C12H13ClFNO/c1-7(16)9-5-11(14)10(13)6-12(9)15(2)8-3-4-8/h5-6,8H,3-4H2,1-2H3. The van der Waals surface area contributed by atoms with E-state index in [2.05, 4.69) is 0 Å². The zero-order chi connectivity index (χ0) is 11.9. The van der Waals surface area contributed by atoms with Crippen molar-refractivity contribution in [3.05, 3.63) is 28.5 Å². The molecule has 0 heterocycles. The SMILES string of the molecule is CC(=O)c1cc(F)c(Cl)cc1N(C)C1CC1. The summed E-state index contributed by atoms with van der Waals surface area (Å²) in [5.41, 5.74) is 1.12. The van der Waals surface area contributed by atoms with Gasteiger partial charge < -0.3 is 4.90 Å². The molecule has 1 aliphatic rings. The van der Waals surface area contributed by atoms with E-state index in [1.165, 1.54) is 19.1 Å². The molecule has 1 saturated carbocycles. The monoisotopic (exact) mass is 241 g/mol. The van der Waals surface area contributed by atoms with Gasteiger partial charge in [0.2, 0.25) is 0 Å². The normalized spacial score (nSPS) is 15.0. The average Bonchev–Trinajstić information content (AvgIpc) is 3.03. The van der Waals surface area contributed by atoms with Gasteiger partial charge >= 0.3 is 0 Å². The van der Waals surface area contributed by atoms with Crippen LogP contribution in [-0.4, -0.2) is 18.9 Å². The Kier molecular flexibility index (Phi) is 2.89. The van der Waals surface area contributed by atoms with Gasteiger partial charge in [0.1, 0.15) is 5.82 Å². The van der Waals surface area contributed by atoms with Gasteiger partial charge in [0.15, 0.2) is 5.78 Å². The van der Waals surface area contributed by atoms with Crippen molar-refractivity contribution in [2.75, 3.05) is 11.9 Å². The molecule has 0 amide bonds. The fourth-order valence-electron chi connectivity index (χ4n) is 1.77. The van der Waals surface area contributed by atoms with Crippen molar-refractivity contribution in [1.82, 2.24) is 0 Å². The molecule has 0 saturated heterocycles. The van der Waals surface area contributed by atoms with E-state index in [-0.39, 0.29) is 10.8 Å². The van der Waals surface area contributed by atoms with Crippen LogP contribution in [0, 0.1) is 5.82 Å². The maximum atomic E-state index is 13.3. The molecule has 0 radical (unpaired) electrons. The maximum absolute atomic E-state index is 13.3. The number of hydrogen-bond acceptors (Lipinski definition) is 2. The number of anilines is 1. The lowest BCUT2D eigenvalue weighted by Crippen LogP contribution is -2.22. The molecular weight excluding hydrogens is 229 g/mol. The molecule has 16 heavy (non-hydrogen) atoms. The number of rotatable bonds is 3. The van der Waals surface area contributed by atoms with Crippen molar-refractivity contribution in [2.24, 2.45) is 0 Å². The smallest absolute Gasteiger partial charge is 0.161 e. The van der Waals surface area contributed by atoms with E-state index in [0.717, 1.165) is 18.5 Å². The van der Waals surface area contributed by atoms with Crippen molar-refractivity contribution in [2.45, 2.75) is 25.8 Å². The van der Waals surface area contributed by atoms with Crippen molar-refractivity contribution in [3.8, 4) is 0 Å². The second-order valence-electron chi connectivity index (χ2n) is 4.18. The fraction of sp³-hybridized carbons (Fsp3) is 0.417. The number of nitrogens with zero attached hydrogens (tertiary/aromatic N) is 1. The molecule has 1 aromatic rings. The second kappa shape index (κ2) is 4.06. The van der Waals surface area contributed by atoms with Gasteiger partial charge in [-0.25, -0.2) is 4.39 Å². The summed E-state index contributed by atoms with van der Waals surface area (Å²) in [6.07, 6.45) is 2.23. The lowest BCUT2D eigenvalue weighted by molar-refractivity contribution is 0.101. The predicted octanol–water partition coefficient (Wildman–Crippen LogP) is 3.28. The van der Waals surface area contributed by atoms with Gasteiger partial charge in [-0.05, 0) is 31.9 Å². The summed E-state index contributed by atoms with van der Waals surface area (Å²) in [6, 6.07) is 3.21. The molecule has 86 valence electrons. The molecule has 1 aromatic carbocycles. The lowest BCUT2D eigenvalue weighted by atomic mass is 10.1. The summed E-state index contributed by atoms with van der Waals surface area (Å²) in [5, 5.41) is 0.0625. The molecule has 1 aliphatic carbocycles. The molecule has 0 aromatic heterocycles. The molecule has 2 rings (SSSR count). The highest BCUT2D eigenvalue weighted by Gasteiger charge is 2.28. The van der Waals surface area contributed by atoms with Gasteiger partial charge in [-0.1, -0.05) is 11.6 Å². The lowest BCUT2D eigenvalue weighted by Gasteiger charge is -2.21. The van der Waals surface area contributed by atoms with Gasteiger partial charge in [-0.2, -0.15) is 0 Å². The maximum Gasteiger partial charge on any atom is 0.161 e. The molecule has 2 nitrogen and oxygen atoms in total. The van der Waals surface area contributed by atoms with Crippen LogP contribution in [-0.2, 0) is 0 Å². The first-order valence-corrected chi connectivity index (χ1v) is 5.61. The Morgan fingerprint density at radius 1 is 1.50 bits per heavy atom. The van der Waals surface area contributed by atoms with Crippen molar-refractivity contribution in [1.29, 1.82) is 0 Å². The molecule has 0 spiro atoms. The highest BCUT2D eigenvalue weighted by atomic mass is 35.5. The molecule has 0 aliphatic heterocycles. The number of halogens is 2. The van der Waals surface area contributed by atoms with E-state index in [1.54, 1.807) is 0 Å². The van der Waals surface area contributed by atoms with Crippen LogP contribution >= 0.6 is 11.6 Å². The van der Waals surface area contributed by atoms with Crippen molar-refractivity contribution < 1.29 is 9.18 Å². The van der Waals surface area contributed by atoms with Crippen LogP contribution in [0.4, 0.5) is 10.1 Å². The summed E-state index contributed by atoms with van der Waals surface area (Å²) in [6.45, 7) is 1.44. The topological polar surface area (TPSA) is 20.3 Å². The zero-order valence-corrected chi connectivity index (χ0v) is 10.0. The van der Waals surface area contributed by atoms with E-state index in [1.807, 2.05) is 11.9 Å². The Bertz CT molecular complexity index is 443. The molecule has 4 heteroatoms. The van der Waals surface area contributed by atoms with Gasteiger partial charge in [0, 0.05) is 24.3 Å². The van der Waals surface area contributed by atoms with E-state index in [0.29, 0.717) is 11.6 Å². The van der Waals surface area contributed by atoms with E-state index in [4.69, 9.17) is 11.6 Å². The summed E-state index contributed by atoms with van der Waals surface area (Å²) in [5.74, 6) is -0.683. The molecule has 0 bridgehead atoms. The Labute approximate surface area is 99.0 Å². The van der Waals surface area contributed by atoms with Crippen LogP contribution in [0.15, 0.2) is 12.1 Å². The Hall–Kier alpha value is -1.09. The van der Waals surface area contributed by atoms with Crippen LogP contribution in [0.1, 0.15) is 30.1 Å². The van der Waals surface area contributed by atoms with Crippen LogP contribution in [0.5, 0.6) is 0 Å². The van der Waals surface area contributed by atoms with Gasteiger partial charge in [0.25, 0.3) is 0 Å². The summed E-state index contributed by atoms with van der Waals surface area (Å²) in [7, 11) is 1.91. The number of hydrogen-bond donors (Lipinski definition) is 0. The second-order valence-corrected chi connectivity index (χ2v) is 4.59. The van der Waals surface area contributed by atoms with Crippen molar-refractivity contribution >= 4 is 23.1 Å². The quantitative estimate of drug-likeness (QED) is 0.757. The highest BCUT2D eigenvalue weighted by Crippen LogP contribution is 2.34. The molecule has 0 unspecified atom stereocenters. The molecular formula is C12H13ClFNO. The summed E-state index contributed by atoms with van der Waals surface area (Å²) >= 11 is 5.75. The number of ketones is 1. The Morgan fingerprint density at radius 2 is 2.12 bits per heavy atom. The minimum Gasteiger partial charge on any atom is -0.371 e. The third-order valence-corrected chi connectivity index (χ3v) is 3.18. The zero-order valence-electron chi connectivity index (χ0n) is 9.26. The first-order chi connectivity index (χ1) is 7.50. The van der Waals surface area contributed by atoms with Crippen molar-refractivity contribution in [3.63, 3.8) is 0 Å². The first kappa shape index (κ1) is 11.4. The number of Topliss-reactive ketones (excluding diaryl/α,β-unsaturated/α-hetero) is 1. The van der Waals surface area contributed by atoms with Crippen LogP contribution in [0.3, 0.4) is 0 Å². The molecule has 1 fully saturated rings. The van der Waals surface area contributed by atoms with E-state index in [9.17, 15) is 9.18 Å². The minimum absolute atomic E-state index is 0.0625. The third kappa shape index (κ3) is 2.05. The average molecular weight is 242 g/mol. The first-order valence-electron chi connectivity index (χ1n) is 5.23. The molecule has 0 N–H and O–H groups in total. The van der Waals surface area contributed by atoms with Crippen LogP contribution in [0.2, 0.25) is 5.02 Å². The predicted molar refractivity (Wildman–Crippen MR) is 62.8 cm³/mol.